The molecule has 1 aromatic carbocycles. The summed E-state index contributed by atoms with van der Waals surface area (Å²) in [6.07, 6.45) is 7.74. The number of rotatable bonds is 1. The molecule has 108 valence electrons. The van der Waals surface area contributed by atoms with Crippen molar-refractivity contribution in [2.24, 2.45) is 0 Å². The van der Waals surface area contributed by atoms with E-state index in [0.717, 1.165) is 37.4 Å². The number of nitrogens with zero attached hydrogens (tertiary/aromatic N) is 3. The molecule has 0 spiro atoms. The fourth-order valence-electron chi connectivity index (χ4n) is 3.52. The molecule has 4 rings (SSSR count). The molecule has 0 amide bonds. The van der Waals surface area contributed by atoms with Crippen LogP contribution in [0.3, 0.4) is 0 Å². The van der Waals surface area contributed by atoms with Crippen molar-refractivity contribution in [1.82, 2.24) is 9.97 Å². The lowest BCUT2D eigenvalue weighted by molar-refractivity contribution is 0.708. The molecule has 0 radical (unpaired) electrons. The van der Waals surface area contributed by atoms with E-state index in [4.69, 9.17) is 5.73 Å². The Morgan fingerprint density at radius 1 is 0.952 bits per heavy atom. The predicted molar refractivity (Wildman–Crippen MR) is 84.0 cm³/mol. The van der Waals surface area contributed by atoms with Gasteiger partial charge in [-0.1, -0.05) is 12.5 Å². The van der Waals surface area contributed by atoms with Crippen LogP contribution in [0.2, 0.25) is 0 Å². The van der Waals surface area contributed by atoms with Gasteiger partial charge in [-0.05, 0) is 48.9 Å². The molecule has 0 unspecified atom stereocenters. The van der Waals surface area contributed by atoms with Crippen LogP contribution in [0, 0.1) is 0 Å². The van der Waals surface area contributed by atoms with E-state index in [0.29, 0.717) is 0 Å². The summed E-state index contributed by atoms with van der Waals surface area (Å²) >= 11 is 0. The number of benzene rings is 1. The van der Waals surface area contributed by atoms with E-state index in [-0.39, 0.29) is 0 Å². The molecule has 21 heavy (non-hydrogen) atoms. The van der Waals surface area contributed by atoms with Gasteiger partial charge in [-0.2, -0.15) is 0 Å². The van der Waals surface area contributed by atoms with Crippen LogP contribution in [-0.4, -0.2) is 9.97 Å². The molecule has 0 fully saturated rings. The maximum atomic E-state index is 5.90. The van der Waals surface area contributed by atoms with Gasteiger partial charge in [-0.25, -0.2) is 9.97 Å². The lowest BCUT2D eigenvalue weighted by Crippen LogP contribution is -2.19. The zero-order valence-electron chi connectivity index (χ0n) is 12.2. The summed E-state index contributed by atoms with van der Waals surface area (Å²) < 4.78 is 0. The first-order valence-electron chi connectivity index (χ1n) is 7.76. The van der Waals surface area contributed by atoms with E-state index in [2.05, 4.69) is 27.0 Å². The minimum absolute atomic E-state index is 0.845. The molecule has 2 aromatic rings. The van der Waals surface area contributed by atoms with Crippen molar-refractivity contribution < 1.29 is 0 Å². The highest BCUT2D eigenvalue weighted by atomic mass is 15.2. The number of aromatic nitrogens is 2. The second kappa shape index (κ2) is 5.02. The number of fused-ring (bicyclic) bond motifs is 2. The highest BCUT2D eigenvalue weighted by molar-refractivity contribution is 5.56. The standard InChI is InChI=1S/C17H20N4/c18-14-7-6-12-9-21(10-13(12)8-14)17-15-4-2-1-3-5-16(15)19-11-20-17/h6-8,11H,1-5,9-10,18H2. The molecule has 0 atom stereocenters. The van der Waals surface area contributed by atoms with Crippen molar-refractivity contribution in [1.29, 1.82) is 0 Å². The zero-order chi connectivity index (χ0) is 14.2. The smallest absolute Gasteiger partial charge is 0.136 e. The van der Waals surface area contributed by atoms with Gasteiger partial charge in [0, 0.05) is 30.0 Å². The Hall–Kier alpha value is -2.10. The lowest BCUT2D eigenvalue weighted by atomic mass is 10.1. The van der Waals surface area contributed by atoms with Gasteiger partial charge in [0.1, 0.15) is 12.1 Å². The van der Waals surface area contributed by atoms with Gasteiger partial charge in [-0.15, -0.1) is 0 Å². The molecule has 1 aromatic heterocycles. The van der Waals surface area contributed by atoms with Crippen molar-refractivity contribution in [3.63, 3.8) is 0 Å². The summed E-state index contributed by atoms with van der Waals surface area (Å²) in [5.41, 5.74) is 12.1. The molecule has 2 N–H and O–H groups in total. The maximum Gasteiger partial charge on any atom is 0.136 e. The molecular formula is C17H20N4. The number of aryl methyl sites for hydroxylation is 1. The minimum Gasteiger partial charge on any atom is -0.399 e. The van der Waals surface area contributed by atoms with Gasteiger partial charge < -0.3 is 10.6 Å². The lowest BCUT2D eigenvalue weighted by Gasteiger charge is -2.20. The Labute approximate surface area is 125 Å². The van der Waals surface area contributed by atoms with Crippen LogP contribution in [0.4, 0.5) is 11.5 Å². The number of hydrogen-bond donors (Lipinski definition) is 1. The second-order valence-corrected chi connectivity index (χ2v) is 6.07. The Kier molecular flexibility index (Phi) is 3.02. The Morgan fingerprint density at radius 2 is 1.81 bits per heavy atom. The number of nitrogens with two attached hydrogens (primary N) is 1. The summed E-state index contributed by atoms with van der Waals surface area (Å²) in [5.74, 6) is 1.14. The number of nitrogen functional groups attached to an aromatic ring is 1. The summed E-state index contributed by atoms with van der Waals surface area (Å²) in [6.45, 7) is 1.84. The Bertz CT molecular complexity index is 680. The van der Waals surface area contributed by atoms with Crippen LogP contribution in [0.5, 0.6) is 0 Å². The first-order valence-corrected chi connectivity index (χ1v) is 7.76. The van der Waals surface area contributed by atoms with Crippen LogP contribution < -0.4 is 10.6 Å². The van der Waals surface area contributed by atoms with Crippen LogP contribution in [0.15, 0.2) is 24.5 Å². The fraction of sp³-hybridized carbons (Fsp3) is 0.412. The molecule has 2 aliphatic rings. The van der Waals surface area contributed by atoms with Crippen LogP contribution in [0.25, 0.3) is 0 Å². The minimum atomic E-state index is 0.845. The third kappa shape index (κ3) is 2.24. The summed E-state index contributed by atoms with van der Waals surface area (Å²) in [7, 11) is 0. The average Bonchev–Trinajstić information content (AvgIpc) is 2.75. The second-order valence-electron chi connectivity index (χ2n) is 6.07. The van der Waals surface area contributed by atoms with Crippen LogP contribution in [-0.2, 0) is 25.9 Å². The van der Waals surface area contributed by atoms with Crippen molar-refractivity contribution in [3.05, 3.63) is 46.9 Å². The predicted octanol–water partition coefficient (Wildman–Crippen LogP) is 2.85. The van der Waals surface area contributed by atoms with Gasteiger partial charge in [0.05, 0.1) is 0 Å². The molecule has 4 heteroatoms. The van der Waals surface area contributed by atoms with Gasteiger partial charge in [0.2, 0.25) is 0 Å². The van der Waals surface area contributed by atoms with Gasteiger partial charge in [-0.3, -0.25) is 0 Å². The summed E-state index contributed by atoms with van der Waals surface area (Å²) in [6, 6.07) is 6.22. The van der Waals surface area contributed by atoms with Crippen LogP contribution in [0.1, 0.15) is 41.6 Å². The van der Waals surface area contributed by atoms with E-state index < -0.39 is 0 Å². The van der Waals surface area contributed by atoms with Crippen molar-refractivity contribution in [3.8, 4) is 0 Å². The third-order valence-corrected chi connectivity index (χ3v) is 4.60. The van der Waals surface area contributed by atoms with Crippen molar-refractivity contribution in [2.45, 2.75) is 45.2 Å². The number of hydrogen-bond acceptors (Lipinski definition) is 4. The SMILES string of the molecule is Nc1ccc2c(c1)CN(c1ncnc3c1CCCCC3)C2. The van der Waals surface area contributed by atoms with Crippen molar-refractivity contribution in [2.75, 3.05) is 10.6 Å². The fourth-order valence-corrected chi connectivity index (χ4v) is 3.52. The van der Waals surface area contributed by atoms with E-state index in [1.807, 2.05) is 6.07 Å². The largest absolute Gasteiger partial charge is 0.399 e. The molecule has 2 heterocycles. The first-order chi connectivity index (χ1) is 10.3. The summed E-state index contributed by atoms with van der Waals surface area (Å²) in [4.78, 5) is 11.5. The Morgan fingerprint density at radius 3 is 2.76 bits per heavy atom. The third-order valence-electron chi connectivity index (χ3n) is 4.60. The molecule has 4 nitrogen and oxygen atoms in total. The molecule has 1 aliphatic heterocycles. The van der Waals surface area contributed by atoms with Gasteiger partial charge in [0.15, 0.2) is 0 Å². The molecular weight excluding hydrogens is 260 g/mol. The van der Waals surface area contributed by atoms with Crippen LogP contribution >= 0.6 is 0 Å². The summed E-state index contributed by atoms with van der Waals surface area (Å²) in [5, 5.41) is 0. The number of anilines is 2. The average molecular weight is 280 g/mol. The Balaban J connectivity index is 1.70. The highest BCUT2D eigenvalue weighted by Gasteiger charge is 2.24. The monoisotopic (exact) mass is 280 g/mol. The van der Waals surface area contributed by atoms with E-state index in [1.54, 1.807) is 6.33 Å². The van der Waals surface area contributed by atoms with Crippen molar-refractivity contribution >= 4 is 11.5 Å². The highest BCUT2D eigenvalue weighted by Crippen LogP contribution is 2.33. The first kappa shape index (κ1) is 12.6. The van der Waals surface area contributed by atoms with Gasteiger partial charge >= 0.3 is 0 Å². The van der Waals surface area contributed by atoms with E-state index in [1.165, 1.54) is 41.6 Å². The van der Waals surface area contributed by atoms with Gasteiger partial charge in [0.25, 0.3) is 0 Å². The molecule has 1 aliphatic carbocycles. The zero-order valence-corrected chi connectivity index (χ0v) is 12.2. The normalized spacial score (nSPS) is 17.2. The molecule has 0 bridgehead atoms. The topological polar surface area (TPSA) is 55.0 Å². The maximum absolute atomic E-state index is 5.90. The molecule has 0 saturated heterocycles. The molecule has 0 saturated carbocycles. The quantitative estimate of drug-likeness (QED) is 0.644. The van der Waals surface area contributed by atoms with E-state index >= 15 is 0 Å². The van der Waals surface area contributed by atoms with E-state index in [9.17, 15) is 0 Å².